The molecule has 0 aliphatic carbocycles. The van der Waals surface area contributed by atoms with Gasteiger partial charge < -0.3 is 15.8 Å². The minimum absolute atomic E-state index is 0.00273. The molecular formula is C19H17N3O2S. The molecule has 0 aliphatic rings. The van der Waals surface area contributed by atoms with Gasteiger partial charge in [0.15, 0.2) is 5.43 Å². The summed E-state index contributed by atoms with van der Waals surface area (Å²) >= 11 is 1.52. The number of aromatic nitrogens is 1. The number of anilines is 1. The Morgan fingerprint density at radius 1 is 1.12 bits per heavy atom. The summed E-state index contributed by atoms with van der Waals surface area (Å²) in [5.41, 5.74) is 6.42. The van der Waals surface area contributed by atoms with Gasteiger partial charge in [0.2, 0.25) is 0 Å². The highest BCUT2D eigenvalue weighted by atomic mass is 32.1. The van der Waals surface area contributed by atoms with Gasteiger partial charge in [0.1, 0.15) is 11.6 Å². The van der Waals surface area contributed by atoms with E-state index in [-0.39, 0.29) is 5.43 Å². The first-order valence-electron chi connectivity index (χ1n) is 8.01. The summed E-state index contributed by atoms with van der Waals surface area (Å²) in [6, 6.07) is 13.3. The number of para-hydroxylation sites is 1. The maximum atomic E-state index is 13.3. The van der Waals surface area contributed by atoms with Crippen molar-refractivity contribution in [2.45, 2.75) is 0 Å². The second-order valence-electron chi connectivity index (χ2n) is 5.67. The highest BCUT2D eigenvalue weighted by molar-refractivity contribution is 7.25. The Balaban J connectivity index is 2.22. The molecule has 0 spiro atoms. The molecule has 3 N–H and O–H groups in total. The summed E-state index contributed by atoms with van der Waals surface area (Å²) in [5.74, 6) is 1.38. The number of fused-ring (bicyclic) bond motifs is 4. The Labute approximate surface area is 148 Å². The zero-order valence-corrected chi connectivity index (χ0v) is 14.5. The number of rotatable bonds is 4. The summed E-state index contributed by atoms with van der Waals surface area (Å²) in [7, 11) is 1.61. The van der Waals surface area contributed by atoms with Gasteiger partial charge >= 0.3 is 0 Å². The fourth-order valence-corrected chi connectivity index (χ4v) is 4.27. The topological polar surface area (TPSA) is 77.2 Å². The lowest BCUT2D eigenvalue weighted by Crippen LogP contribution is -2.14. The Morgan fingerprint density at radius 2 is 1.92 bits per heavy atom. The molecule has 126 valence electrons. The molecule has 6 heteroatoms. The molecule has 4 aromatic rings. The quantitative estimate of drug-likeness (QED) is 0.435. The van der Waals surface area contributed by atoms with Crippen molar-refractivity contribution in [2.75, 3.05) is 25.5 Å². The molecule has 0 amide bonds. The first kappa shape index (κ1) is 15.8. The van der Waals surface area contributed by atoms with Crippen LogP contribution in [0.5, 0.6) is 5.75 Å². The molecule has 0 aliphatic heterocycles. The number of nitrogens with one attached hydrogen (secondary N) is 1. The SMILES string of the molecule is COc1cccc2c(=O)c3c(sc12)c(NCCN)nc1ccccc13. The normalized spacial score (nSPS) is 11.3. The summed E-state index contributed by atoms with van der Waals surface area (Å²) in [6.45, 7) is 1.08. The van der Waals surface area contributed by atoms with Crippen LogP contribution in [0.3, 0.4) is 0 Å². The van der Waals surface area contributed by atoms with Crippen LogP contribution in [0.1, 0.15) is 0 Å². The van der Waals surface area contributed by atoms with Gasteiger partial charge in [0.25, 0.3) is 0 Å². The summed E-state index contributed by atoms with van der Waals surface area (Å²) < 4.78 is 7.11. The zero-order chi connectivity index (χ0) is 17.4. The van der Waals surface area contributed by atoms with Crippen LogP contribution in [0, 0.1) is 0 Å². The second-order valence-corrected chi connectivity index (χ2v) is 6.69. The molecule has 0 radical (unpaired) electrons. The Kier molecular flexibility index (Phi) is 3.99. The van der Waals surface area contributed by atoms with Crippen molar-refractivity contribution in [1.82, 2.24) is 4.98 Å². The largest absolute Gasteiger partial charge is 0.495 e. The highest BCUT2D eigenvalue weighted by Gasteiger charge is 2.16. The predicted molar refractivity (Wildman–Crippen MR) is 105 cm³/mol. The van der Waals surface area contributed by atoms with Gasteiger partial charge in [-0.05, 0) is 18.2 Å². The van der Waals surface area contributed by atoms with Crippen LogP contribution in [0.4, 0.5) is 5.82 Å². The Hall–Kier alpha value is -2.70. The number of pyridine rings is 1. The smallest absolute Gasteiger partial charge is 0.196 e. The lowest BCUT2D eigenvalue weighted by molar-refractivity contribution is 0.420. The number of benzene rings is 2. The third-order valence-corrected chi connectivity index (χ3v) is 5.39. The van der Waals surface area contributed by atoms with E-state index in [4.69, 9.17) is 15.5 Å². The molecule has 0 atom stereocenters. The van der Waals surface area contributed by atoms with E-state index in [1.807, 2.05) is 42.5 Å². The van der Waals surface area contributed by atoms with E-state index in [0.717, 1.165) is 20.3 Å². The number of ether oxygens (including phenoxy) is 1. The molecule has 5 nitrogen and oxygen atoms in total. The summed E-state index contributed by atoms with van der Waals surface area (Å²) in [5, 5.41) is 5.47. The predicted octanol–water partition coefficient (Wildman–Crippen LogP) is 3.34. The van der Waals surface area contributed by atoms with E-state index >= 15 is 0 Å². The molecule has 25 heavy (non-hydrogen) atoms. The van der Waals surface area contributed by atoms with Crippen LogP contribution < -0.4 is 21.2 Å². The third-order valence-electron chi connectivity index (χ3n) is 4.16. The van der Waals surface area contributed by atoms with Crippen LogP contribution in [0.15, 0.2) is 47.3 Å². The van der Waals surface area contributed by atoms with Gasteiger partial charge in [-0.2, -0.15) is 0 Å². The van der Waals surface area contributed by atoms with Crippen molar-refractivity contribution < 1.29 is 4.74 Å². The van der Waals surface area contributed by atoms with Gasteiger partial charge in [-0.1, -0.05) is 24.3 Å². The number of methoxy groups -OCH3 is 1. The summed E-state index contributed by atoms with van der Waals surface area (Å²) in [6.07, 6.45) is 0. The van der Waals surface area contributed by atoms with Gasteiger partial charge in [0.05, 0.1) is 27.4 Å². The molecule has 2 aromatic carbocycles. The number of nitrogens with two attached hydrogens (primary N) is 1. The number of hydrogen-bond donors (Lipinski definition) is 2. The fourth-order valence-electron chi connectivity index (χ4n) is 3.03. The zero-order valence-electron chi connectivity index (χ0n) is 13.7. The highest BCUT2D eigenvalue weighted by Crippen LogP contribution is 2.37. The van der Waals surface area contributed by atoms with E-state index < -0.39 is 0 Å². The summed E-state index contributed by atoms with van der Waals surface area (Å²) in [4.78, 5) is 18.0. The maximum Gasteiger partial charge on any atom is 0.196 e. The van der Waals surface area contributed by atoms with Gasteiger partial charge in [0, 0.05) is 23.9 Å². The van der Waals surface area contributed by atoms with E-state index in [1.54, 1.807) is 7.11 Å². The monoisotopic (exact) mass is 351 g/mol. The lowest BCUT2D eigenvalue weighted by atomic mass is 10.1. The van der Waals surface area contributed by atoms with Crippen molar-refractivity contribution >= 4 is 48.2 Å². The van der Waals surface area contributed by atoms with Crippen LogP contribution in [-0.2, 0) is 0 Å². The standard InChI is InChI=1S/C19H17N3O2S/c1-24-14-8-4-6-12-16(23)15-11-5-2-3-7-13(11)22-19(21-10-9-20)18(15)25-17(12)14/h2-8H,9-10,20H2,1H3,(H,21,22). The fraction of sp³-hybridized carbons (Fsp3) is 0.158. The molecule has 0 saturated carbocycles. The van der Waals surface area contributed by atoms with Crippen molar-refractivity contribution in [2.24, 2.45) is 5.73 Å². The lowest BCUT2D eigenvalue weighted by Gasteiger charge is -2.12. The molecule has 0 bridgehead atoms. The molecular weight excluding hydrogens is 334 g/mol. The van der Waals surface area contributed by atoms with Crippen molar-refractivity contribution in [1.29, 1.82) is 0 Å². The van der Waals surface area contributed by atoms with E-state index in [9.17, 15) is 4.79 Å². The maximum absolute atomic E-state index is 13.3. The molecule has 0 fully saturated rings. The van der Waals surface area contributed by atoms with Crippen LogP contribution in [-0.4, -0.2) is 25.2 Å². The average Bonchev–Trinajstić information content (AvgIpc) is 2.65. The average molecular weight is 351 g/mol. The minimum Gasteiger partial charge on any atom is -0.495 e. The number of nitrogens with zero attached hydrogens (tertiary/aromatic N) is 1. The van der Waals surface area contributed by atoms with E-state index in [2.05, 4.69) is 5.32 Å². The third kappa shape index (κ3) is 2.50. The molecule has 0 unspecified atom stereocenters. The first-order valence-corrected chi connectivity index (χ1v) is 8.82. The van der Waals surface area contributed by atoms with Crippen LogP contribution >= 0.6 is 11.3 Å². The van der Waals surface area contributed by atoms with Crippen molar-refractivity contribution in [3.05, 3.63) is 52.7 Å². The Bertz CT molecular complexity index is 1150. The van der Waals surface area contributed by atoms with Crippen LogP contribution in [0.2, 0.25) is 0 Å². The van der Waals surface area contributed by atoms with Crippen molar-refractivity contribution in [3.8, 4) is 5.75 Å². The molecule has 2 aromatic heterocycles. The molecule has 4 rings (SSSR count). The first-order chi connectivity index (χ1) is 12.2. The van der Waals surface area contributed by atoms with Gasteiger partial charge in [-0.3, -0.25) is 4.79 Å². The van der Waals surface area contributed by atoms with E-state index in [1.165, 1.54) is 11.3 Å². The van der Waals surface area contributed by atoms with Crippen molar-refractivity contribution in [3.63, 3.8) is 0 Å². The van der Waals surface area contributed by atoms with Gasteiger partial charge in [-0.15, -0.1) is 11.3 Å². The van der Waals surface area contributed by atoms with E-state index in [0.29, 0.717) is 35.4 Å². The second kappa shape index (κ2) is 6.31. The molecule has 2 heterocycles. The molecule has 0 saturated heterocycles. The minimum atomic E-state index is -0.00273. The van der Waals surface area contributed by atoms with Gasteiger partial charge in [-0.25, -0.2) is 4.98 Å². The van der Waals surface area contributed by atoms with Crippen LogP contribution in [0.25, 0.3) is 31.1 Å². The number of hydrogen-bond acceptors (Lipinski definition) is 6. The Morgan fingerprint density at radius 3 is 2.72 bits per heavy atom.